The molecule has 0 bridgehead atoms. The number of hydrogen-bond donors (Lipinski definition) is 2. The fraction of sp³-hybridized carbons (Fsp3) is 0.105. The van der Waals surface area contributed by atoms with E-state index < -0.39 is 17.7 Å². The summed E-state index contributed by atoms with van der Waals surface area (Å²) in [6.45, 7) is 0. The van der Waals surface area contributed by atoms with E-state index in [4.69, 9.17) is 0 Å². The summed E-state index contributed by atoms with van der Waals surface area (Å²) < 4.78 is 39.5. The highest BCUT2D eigenvalue weighted by Gasteiger charge is 2.31. The fourth-order valence-corrected chi connectivity index (χ4v) is 3.13. The van der Waals surface area contributed by atoms with Crippen LogP contribution in [0, 0.1) is 0 Å². The van der Waals surface area contributed by atoms with E-state index in [-0.39, 0.29) is 5.56 Å². The molecule has 1 unspecified atom stereocenters. The molecule has 0 fully saturated rings. The van der Waals surface area contributed by atoms with E-state index in [1.807, 2.05) is 6.07 Å². The molecule has 2 N–H and O–H groups in total. The topological polar surface area (TPSA) is 74.4 Å². The number of fused-ring (bicyclic) bond motifs is 1. The third-order valence-electron chi connectivity index (χ3n) is 4.36. The van der Waals surface area contributed by atoms with Gasteiger partial charge in [-0.3, -0.25) is 4.79 Å². The summed E-state index contributed by atoms with van der Waals surface area (Å²) in [7, 11) is 0. The molecule has 0 aliphatic rings. The van der Waals surface area contributed by atoms with Crippen molar-refractivity contribution in [1.29, 1.82) is 0 Å². The van der Waals surface area contributed by atoms with Crippen LogP contribution in [0.4, 0.5) is 13.2 Å². The summed E-state index contributed by atoms with van der Waals surface area (Å²) in [5, 5.41) is 11.2. The number of pyridine rings is 1. The van der Waals surface area contributed by atoms with Gasteiger partial charge < -0.3 is 4.98 Å². The minimum atomic E-state index is -4.44. The Kier molecular flexibility index (Phi) is 4.02. The maximum absolute atomic E-state index is 13.2. The molecule has 4 aromatic rings. The molecule has 136 valence electrons. The molecule has 2 aromatic carbocycles. The van der Waals surface area contributed by atoms with Crippen LogP contribution in [0.3, 0.4) is 0 Å². The maximum Gasteiger partial charge on any atom is 0.416 e. The number of H-pyrrole nitrogens is 2. The summed E-state index contributed by atoms with van der Waals surface area (Å²) in [5.41, 5.74) is 1.39. The minimum Gasteiger partial charge on any atom is -0.322 e. The first-order chi connectivity index (χ1) is 12.9. The number of aromatic nitrogens is 4. The van der Waals surface area contributed by atoms with Crippen molar-refractivity contribution >= 4 is 10.9 Å². The molecular formula is C19H13F3N4O. The Balaban J connectivity index is 1.88. The smallest absolute Gasteiger partial charge is 0.322 e. The van der Waals surface area contributed by atoms with Crippen molar-refractivity contribution in [2.24, 2.45) is 0 Å². The summed E-state index contributed by atoms with van der Waals surface area (Å²) in [5.74, 6) is -0.539. The van der Waals surface area contributed by atoms with Crippen LogP contribution < -0.4 is 5.56 Å². The Morgan fingerprint density at radius 1 is 0.963 bits per heavy atom. The third kappa shape index (κ3) is 3.33. The number of rotatable bonds is 3. The van der Waals surface area contributed by atoms with Gasteiger partial charge in [0.05, 0.1) is 23.4 Å². The van der Waals surface area contributed by atoms with Gasteiger partial charge in [-0.05, 0) is 40.8 Å². The van der Waals surface area contributed by atoms with Crippen LogP contribution >= 0.6 is 0 Å². The Bertz CT molecular complexity index is 1150. The third-order valence-corrected chi connectivity index (χ3v) is 4.36. The highest BCUT2D eigenvalue weighted by molar-refractivity contribution is 5.79. The van der Waals surface area contributed by atoms with Crippen LogP contribution in [-0.2, 0) is 6.18 Å². The molecule has 27 heavy (non-hydrogen) atoms. The van der Waals surface area contributed by atoms with E-state index in [1.165, 1.54) is 18.3 Å². The molecule has 0 spiro atoms. The van der Waals surface area contributed by atoms with Gasteiger partial charge in [-0.25, -0.2) is 0 Å². The van der Waals surface area contributed by atoms with Crippen molar-refractivity contribution in [2.45, 2.75) is 12.1 Å². The lowest BCUT2D eigenvalue weighted by Crippen LogP contribution is -2.09. The molecule has 0 saturated heterocycles. The molecule has 0 aliphatic heterocycles. The molecule has 8 heteroatoms. The first kappa shape index (κ1) is 17.0. The zero-order valence-corrected chi connectivity index (χ0v) is 13.8. The predicted molar refractivity (Wildman–Crippen MR) is 93.3 cm³/mol. The summed E-state index contributed by atoms with van der Waals surface area (Å²) in [6.07, 6.45) is -2.95. The summed E-state index contributed by atoms with van der Waals surface area (Å²) in [4.78, 5) is 14.2. The lowest BCUT2D eigenvalue weighted by Gasteiger charge is -2.18. The Morgan fingerprint density at radius 2 is 1.78 bits per heavy atom. The van der Waals surface area contributed by atoms with Crippen LogP contribution in [0.1, 0.15) is 28.3 Å². The number of alkyl halides is 3. The Labute approximate surface area is 150 Å². The first-order valence-corrected chi connectivity index (χ1v) is 8.07. The van der Waals surface area contributed by atoms with E-state index in [2.05, 4.69) is 20.4 Å². The van der Waals surface area contributed by atoms with Crippen LogP contribution in [0.25, 0.3) is 10.9 Å². The average molecular weight is 370 g/mol. The highest BCUT2D eigenvalue weighted by Crippen LogP contribution is 2.35. The molecule has 2 aromatic heterocycles. The summed E-state index contributed by atoms with van der Waals surface area (Å²) >= 11 is 0. The molecule has 0 amide bonds. The van der Waals surface area contributed by atoms with Gasteiger partial charge in [0, 0.05) is 11.6 Å². The average Bonchev–Trinajstić information content (AvgIpc) is 3.16. The molecule has 4 rings (SSSR count). The number of hydrogen-bond acceptors (Lipinski definition) is 3. The van der Waals surface area contributed by atoms with Crippen molar-refractivity contribution < 1.29 is 13.2 Å². The minimum absolute atomic E-state index is 0.221. The van der Waals surface area contributed by atoms with Gasteiger partial charge in [0.25, 0.3) is 0 Å². The SMILES string of the molecule is O=c1ccc2cc(C(c3cccc(C(F)(F)F)c3)c3cn[nH]n3)ccc2[nH]1. The zero-order valence-electron chi connectivity index (χ0n) is 13.8. The van der Waals surface area contributed by atoms with Crippen molar-refractivity contribution in [3.63, 3.8) is 0 Å². The quantitative estimate of drug-likeness (QED) is 0.575. The van der Waals surface area contributed by atoms with Gasteiger partial charge in [-0.1, -0.05) is 24.3 Å². The predicted octanol–water partition coefficient (Wildman–Crippen LogP) is 3.85. The van der Waals surface area contributed by atoms with Crippen LogP contribution in [-0.4, -0.2) is 20.4 Å². The van der Waals surface area contributed by atoms with Gasteiger partial charge in [-0.2, -0.15) is 28.6 Å². The number of halogens is 3. The van der Waals surface area contributed by atoms with Gasteiger partial charge in [0.1, 0.15) is 0 Å². The second kappa shape index (κ2) is 6.39. The van der Waals surface area contributed by atoms with Crippen LogP contribution in [0.15, 0.2) is 65.6 Å². The number of nitrogens with zero attached hydrogens (tertiary/aromatic N) is 2. The lowest BCUT2D eigenvalue weighted by molar-refractivity contribution is -0.137. The molecule has 2 heterocycles. The Hall–Kier alpha value is -3.42. The summed E-state index contributed by atoms with van der Waals surface area (Å²) in [6, 6.07) is 13.6. The van der Waals surface area contributed by atoms with Gasteiger partial charge in [-0.15, -0.1) is 0 Å². The van der Waals surface area contributed by atoms with Gasteiger partial charge in [0.15, 0.2) is 0 Å². The van der Waals surface area contributed by atoms with Crippen molar-refractivity contribution in [2.75, 3.05) is 0 Å². The molecule has 0 radical (unpaired) electrons. The Morgan fingerprint density at radius 3 is 2.52 bits per heavy atom. The van der Waals surface area contributed by atoms with Gasteiger partial charge in [0.2, 0.25) is 5.56 Å². The molecule has 5 nitrogen and oxygen atoms in total. The molecule has 1 atom stereocenters. The van der Waals surface area contributed by atoms with Crippen molar-refractivity contribution in [1.82, 2.24) is 20.4 Å². The number of benzene rings is 2. The van der Waals surface area contributed by atoms with Crippen LogP contribution in [0.2, 0.25) is 0 Å². The monoisotopic (exact) mass is 370 g/mol. The number of nitrogens with one attached hydrogen (secondary N) is 2. The second-order valence-corrected chi connectivity index (χ2v) is 6.12. The second-order valence-electron chi connectivity index (χ2n) is 6.12. The fourth-order valence-electron chi connectivity index (χ4n) is 3.13. The largest absolute Gasteiger partial charge is 0.416 e. The van der Waals surface area contributed by atoms with E-state index in [0.717, 1.165) is 23.1 Å². The van der Waals surface area contributed by atoms with E-state index in [1.54, 1.807) is 24.3 Å². The molecular weight excluding hydrogens is 357 g/mol. The normalized spacial score (nSPS) is 13.0. The van der Waals surface area contributed by atoms with Crippen molar-refractivity contribution in [3.05, 3.63) is 93.5 Å². The maximum atomic E-state index is 13.2. The molecule has 0 saturated carbocycles. The van der Waals surface area contributed by atoms with E-state index in [0.29, 0.717) is 16.8 Å². The van der Waals surface area contributed by atoms with Crippen molar-refractivity contribution in [3.8, 4) is 0 Å². The van der Waals surface area contributed by atoms with E-state index >= 15 is 0 Å². The lowest BCUT2D eigenvalue weighted by atomic mass is 9.87. The van der Waals surface area contributed by atoms with Crippen LogP contribution in [0.5, 0.6) is 0 Å². The first-order valence-electron chi connectivity index (χ1n) is 8.07. The zero-order chi connectivity index (χ0) is 19.0. The molecule has 0 aliphatic carbocycles. The number of aromatic amines is 2. The van der Waals surface area contributed by atoms with Gasteiger partial charge >= 0.3 is 6.18 Å². The standard InChI is InChI=1S/C19H13F3N4O/c20-19(21,22)14-3-1-2-12(9-14)18(16-10-23-26-25-16)13-4-6-15-11(8-13)5-7-17(27)24-15/h1-10,18H,(H,24,27)(H,23,25,26). The van der Waals surface area contributed by atoms with E-state index in [9.17, 15) is 18.0 Å². The highest BCUT2D eigenvalue weighted by atomic mass is 19.4.